The number of hydrogen-bond acceptors (Lipinski definition) is 1. The average molecular weight is 251 g/mol. The molecule has 0 aliphatic carbocycles. The average Bonchev–Trinajstić information content (AvgIpc) is 2.76. The Balaban J connectivity index is 2.20. The van der Waals surface area contributed by atoms with E-state index in [9.17, 15) is 4.79 Å². The van der Waals surface area contributed by atoms with E-state index in [1.165, 1.54) is 0 Å². The van der Waals surface area contributed by atoms with Gasteiger partial charge in [0, 0.05) is 6.04 Å². The molecule has 3 rings (SSSR count). The number of nitrogens with one attached hydrogen (secondary N) is 1. The summed E-state index contributed by atoms with van der Waals surface area (Å²) < 4.78 is 0. The number of carbonyl (C=O) groups is 1. The van der Waals surface area contributed by atoms with Crippen LogP contribution in [0.2, 0.25) is 0 Å². The van der Waals surface area contributed by atoms with Gasteiger partial charge in [0.05, 0.1) is 0 Å². The first-order valence-corrected chi connectivity index (χ1v) is 6.65. The first kappa shape index (κ1) is 12.0. The molecule has 0 saturated carbocycles. The third-order valence-corrected chi connectivity index (χ3v) is 3.91. The lowest BCUT2D eigenvalue weighted by molar-refractivity contribution is -0.122. The maximum atomic E-state index is 12.6. The first-order chi connectivity index (χ1) is 9.23. The zero-order chi connectivity index (χ0) is 13.3. The van der Waals surface area contributed by atoms with Gasteiger partial charge in [-0.1, -0.05) is 60.7 Å². The molecule has 2 aromatic carbocycles. The van der Waals surface area contributed by atoms with Crippen molar-refractivity contribution < 1.29 is 4.79 Å². The molecule has 1 aliphatic heterocycles. The molecule has 1 fully saturated rings. The SMILES string of the molecule is CC1CC(c2ccccc2)(c2ccccc2)C(=O)N1. The molecule has 1 aliphatic rings. The molecule has 0 bridgehead atoms. The van der Waals surface area contributed by atoms with Gasteiger partial charge < -0.3 is 5.32 Å². The summed E-state index contributed by atoms with van der Waals surface area (Å²) in [6, 6.07) is 20.3. The fourth-order valence-corrected chi connectivity index (χ4v) is 3.06. The predicted octanol–water partition coefficient (Wildman–Crippen LogP) is 2.88. The second kappa shape index (κ2) is 4.54. The second-order valence-corrected chi connectivity index (χ2v) is 5.22. The van der Waals surface area contributed by atoms with E-state index < -0.39 is 5.41 Å². The lowest BCUT2D eigenvalue weighted by Crippen LogP contribution is -2.36. The van der Waals surface area contributed by atoms with Crippen LogP contribution in [0, 0.1) is 0 Å². The molecule has 0 radical (unpaired) electrons. The summed E-state index contributed by atoms with van der Waals surface area (Å²) in [5.41, 5.74) is 1.60. The maximum absolute atomic E-state index is 12.6. The van der Waals surface area contributed by atoms with Crippen LogP contribution in [0.25, 0.3) is 0 Å². The Kier molecular flexibility index (Phi) is 2.86. The number of rotatable bonds is 2. The molecule has 2 heteroatoms. The van der Waals surface area contributed by atoms with Crippen molar-refractivity contribution in [2.45, 2.75) is 24.8 Å². The van der Waals surface area contributed by atoms with Gasteiger partial charge in [-0.2, -0.15) is 0 Å². The third-order valence-electron chi connectivity index (χ3n) is 3.91. The minimum atomic E-state index is -0.540. The van der Waals surface area contributed by atoms with Crippen LogP contribution in [0.5, 0.6) is 0 Å². The van der Waals surface area contributed by atoms with E-state index in [1.54, 1.807) is 0 Å². The molecule has 1 N–H and O–H groups in total. The number of amides is 1. The van der Waals surface area contributed by atoms with E-state index in [0.717, 1.165) is 17.5 Å². The quantitative estimate of drug-likeness (QED) is 0.873. The minimum Gasteiger partial charge on any atom is -0.353 e. The lowest BCUT2D eigenvalue weighted by atomic mass is 9.72. The molecule has 1 saturated heterocycles. The van der Waals surface area contributed by atoms with E-state index in [4.69, 9.17) is 0 Å². The van der Waals surface area contributed by atoms with Gasteiger partial charge in [0.15, 0.2) is 0 Å². The molecule has 1 heterocycles. The zero-order valence-electron chi connectivity index (χ0n) is 11.0. The van der Waals surface area contributed by atoms with Crippen LogP contribution in [0.3, 0.4) is 0 Å². The summed E-state index contributed by atoms with van der Waals surface area (Å²) in [4.78, 5) is 12.6. The lowest BCUT2D eigenvalue weighted by Gasteiger charge is -2.27. The topological polar surface area (TPSA) is 29.1 Å². The Morgan fingerprint density at radius 1 is 0.947 bits per heavy atom. The van der Waals surface area contributed by atoms with Crippen molar-refractivity contribution in [3.05, 3.63) is 71.8 Å². The van der Waals surface area contributed by atoms with Gasteiger partial charge in [-0.25, -0.2) is 0 Å². The van der Waals surface area contributed by atoms with Crippen molar-refractivity contribution in [3.63, 3.8) is 0 Å². The Bertz CT molecular complexity index is 537. The highest BCUT2D eigenvalue weighted by atomic mass is 16.2. The van der Waals surface area contributed by atoms with Crippen LogP contribution >= 0.6 is 0 Å². The molecule has 0 spiro atoms. The van der Waals surface area contributed by atoms with Gasteiger partial charge in [0.25, 0.3) is 0 Å². The molecule has 1 atom stereocenters. The summed E-state index contributed by atoms with van der Waals surface area (Å²) >= 11 is 0. The molecule has 1 amide bonds. The van der Waals surface area contributed by atoms with Crippen LogP contribution in [-0.4, -0.2) is 11.9 Å². The smallest absolute Gasteiger partial charge is 0.235 e. The van der Waals surface area contributed by atoms with E-state index >= 15 is 0 Å². The molecule has 19 heavy (non-hydrogen) atoms. The van der Waals surface area contributed by atoms with Gasteiger partial charge in [-0.05, 0) is 24.5 Å². The summed E-state index contributed by atoms with van der Waals surface area (Å²) in [6.07, 6.45) is 0.805. The van der Waals surface area contributed by atoms with Gasteiger partial charge >= 0.3 is 0 Å². The highest BCUT2D eigenvalue weighted by Crippen LogP contribution is 2.40. The highest BCUT2D eigenvalue weighted by molar-refractivity contribution is 5.94. The Labute approximate surface area is 113 Å². The van der Waals surface area contributed by atoms with Crippen LogP contribution in [0.4, 0.5) is 0 Å². The number of hydrogen-bond donors (Lipinski definition) is 1. The van der Waals surface area contributed by atoms with Gasteiger partial charge in [-0.3, -0.25) is 4.79 Å². The van der Waals surface area contributed by atoms with E-state index in [0.29, 0.717) is 0 Å². The summed E-state index contributed by atoms with van der Waals surface area (Å²) in [5.74, 6) is 0.109. The van der Waals surface area contributed by atoms with Gasteiger partial charge in [0.1, 0.15) is 5.41 Å². The number of carbonyl (C=O) groups excluding carboxylic acids is 1. The number of benzene rings is 2. The van der Waals surface area contributed by atoms with E-state index in [1.807, 2.05) is 60.7 Å². The molecule has 1 unspecified atom stereocenters. The fourth-order valence-electron chi connectivity index (χ4n) is 3.06. The predicted molar refractivity (Wildman–Crippen MR) is 75.9 cm³/mol. The van der Waals surface area contributed by atoms with E-state index in [2.05, 4.69) is 12.2 Å². The molecular formula is C17H17NO. The largest absolute Gasteiger partial charge is 0.353 e. The highest BCUT2D eigenvalue weighted by Gasteiger charge is 2.47. The Hall–Kier alpha value is -2.09. The second-order valence-electron chi connectivity index (χ2n) is 5.22. The summed E-state index contributed by atoms with van der Waals surface area (Å²) in [7, 11) is 0. The maximum Gasteiger partial charge on any atom is 0.235 e. The first-order valence-electron chi connectivity index (χ1n) is 6.65. The van der Waals surface area contributed by atoms with Crippen LogP contribution in [0.15, 0.2) is 60.7 Å². The monoisotopic (exact) mass is 251 g/mol. The Morgan fingerprint density at radius 3 is 1.79 bits per heavy atom. The van der Waals surface area contributed by atoms with Gasteiger partial charge in [-0.15, -0.1) is 0 Å². The van der Waals surface area contributed by atoms with Crippen molar-refractivity contribution in [1.29, 1.82) is 0 Å². The zero-order valence-corrected chi connectivity index (χ0v) is 11.0. The molecule has 2 aromatic rings. The van der Waals surface area contributed by atoms with Crippen molar-refractivity contribution in [2.24, 2.45) is 0 Å². The van der Waals surface area contributed by atoms with Crippen LogP contribution < -0.4 is 5.32 Å². The summed E-state index contributed by atoms with van der Waals surface area (Å²) in [5, 5.41) is 3.07. The third kappa shape index (κ3) is 1.84. The van der Waals surface area contributed by atoms with Crippen molar-refractivity contribution in [1.82, 2.24) is 5.32 Å². The van der Waals surface area contributed by atoms with Crippen molar-refractivity contribution in [2.75, 3.05) is 0 Å². The fraction of sp³-hybridized carbons (Fsp3) is 0.235. The van der Waals surface area contributed by atoms with Crippen LogP contribution in [-0.2, 0) is 10.2 Å². The standard InChI is InChI=1S/C17H17NO/c1-13-12-17(16(19)18-13,14-8-4-2-5-9-14)15-10-6-3-7-11-15/h2-11,13H,12H2,1H3,(H,18,19). The molecule has 96 valence electrons. The van der Waals surface area contributed by atoms with Crippen molar-refractivity contribution >= 4 is 5.91 Å². The molecular weight excluding hydrogens is 234 g/mol. The van der Waals surface area contributed by atoms with E-state index in [-0.39, 0.29) is 11.9 Å². The summed E-state index contributed by atoms with van der Waals surface area (Å²) in [6.45, 7) is 2.06. The van der Waals surface area contributed by atoms with Crippen molar-refractivity contribution in [3.8, 4) is 0 Å². The molecule has 0 aromatic heterocycles. The Morgan fingerprint density at radius 2 is 1.42 bits per heavy atom. The normalized spacial score (nSPS) is 21.1. The minimum absolute atomic E-state index is 0.109. The molecule has 2 nitrogen and oxygen atoms in total. The van der Waals surface area contributed by atoms with Crippen LogP contribution in [0.1, 0.15) is 24.5 Å². The van der Waals surface area contributed by atoms with Gasteiger partial charge in [0.2, 0.25) is 5.91 Å².